The van der Waals surface area contributed by atoms with Gasteiger partial charge in [0.2, 0.25) is 0 Å². The van der Waals surface area contributed by atoms with Crippen molar-refractivity contribution >= 4 is 84.4 Å². The molecule has 6 aromatic rings. The predicted octanol–water partition coefficient (Wildman–Crippen LogP) is 5.54. The van der Waals surface area contributed by atoms with Gasteiger partial charge in [-0.15, -0.1) is 0 Å². The van der Waals surface area contributed by atoms with Gasteiger partial charge in [0.05, 0.1) is 37.7 Å². The molecular formula is C37H39BrN12O10. The lowest BCUT2D eigenvalue weighted by Gasteiger charge is -2.03. The van der Waals surface area contributed by atoms with Gasteiger partial charge in [-0.25, -0.2) is 24.7 Å². The first-order chi connectivity index (χ1) is 28.5. The Morgan fingerprint density at radius 1 is 0.767 bits per heavy atom. The van der Waals surface area contributed by atoms with E-state index in [-0.39, 0.29) is 28.2 Å². The van der Waals surface area contributed by atoms with E-state index in [1.165, 1.54) is 63.9 Å². The molecule has 0 aliphatic heterocycles. The lowest BCUT2D eigenvalue weighted by Crippen LogP contribution is -2.15. The van der Waals surface area contributed by atoms with Gasteiger partial charge in [0.15, 0.2) is 0 Å². The topological polar surface area (TPSA) is 301 Å². The van der Waals surface area contributed by atoms with Crippen molar-refractivity contribution in [3.63, 3.8) is 0 Å². The van der Waals surface area contributed by atoms with E-state index < -0.39 is 20.7 Å². The summed E-state index contributed by atoms with van der Waals surface area (Å²) in [6.07, 6.45) is 9.47. The number of hydrogen-bond acceptors (Lipinski definition) is 17. The van der Waals surface area contributed by atoms with Crippen LogP contribution in [0.5, 0.6) is 0 Å². The molecule has 0 aliphatic carbocycles. The van der Waals surface area contributed by atoms with Crippen LogP contribution >= 0.6 is 15.9 Å². The van der Waals surface area contributed by atoms with E-state index in [2.05, 4.69) is 46.5 Å². The zero-order valence-electron chi connectivity index (χ0n) is 32.8. The fraction of sp³-hybridized carbons (Fsp3) is 0.216. The summed E-state index contributed by atoms with van der Waals surface area (Å²) in [5.41, 5.74) is 7.21. The van der Waals surface area contributed by atoms with E-state index >= 15 is 0 Å². The van der Waals surface area contributed by atoms with Gasteiger partial charge in [0.25, 0.3) is 28.2 Å². The number of carbonyl (C=O) groups is 1. The molecule has 0 radical (unpaired) electrons. The summed E-state index contributed by atoms with van der Waals surface area (Å²) in [4.78, 5) is 79.5. The summed E-state index contributed by atoms with van der Waals surface area (Å²) in [6, 6.07) is 12.0. The Morgan fingerprint density at radius 2 is 1.25 bits per heavy atom. The number of halogens is 1. The quantitative estimate of drug-likeness (QED) is 0.0500. The molecule has 0 saturated heterocycles. The fourth-order valence-electron chi connectivity index (χ4n) is 4.76. The minimum atomic E-state index is -0.538. The number of nitrogens with two attached hydrogens (primary N) is 1. The number of unbranched alkanes of at least 4 members (excludes halogenated alkanes) is 1. The Labute approximate surface area is 348 Å². The van der Waals surface area contributed by atoms with Crippen molar-refractivity contribution in [1.29, 1.82) is 0 Å². The largest absolute Gasteiger partial charge is 0.463 e. The smallest absolute Gasteiger partial charge is 0.330 e. The molecule has 23 heteroatoms. The van der Waals surface area contributed by atoms with Gasteiger partial charge in [0.1, 0.15) is 41.5 Å². The maximum Gasteiger partial charge on any atom is 0.330 e. The van der Waals surface area contributed by atoms with Gasteiger partial charge >= 0.3 is 5.97 Å². The van der Waals surface area contributed by atoms with Crippen molar-refractivity contribution in [1.82, 2.24) is 29.1 Å². The van der Waals surface area contributed by atoms with Crippen molar-refractivity contribution < 1.29 is 24.3 Å². The molecule has 0 saturated carbocycles. The van der Waals surface area contributed by atoms with Crippen LogP contribution < -0.4 is 27.5 Å². The molecule has 22 nitrogen and oxygen atoms in total. The zero-order chi connectivity index (χ0) is 44.5. The van der Waals surface area contributed by atoms with Gasteiger partial charge in [-0.05, 0) is 46.6 Å². The summed E-state index contributed by atoms with van der Waals surface area (Å²) in [5.74, 6) is 0.556. The molecule has 0 unspecified atom stereocenters. The first kappa shape index (κ1) is 46.7. The first-order valence-corrected chi connectivity index (χ1v) is 18.3. The Hall–Kier alpha value is -7.69. The van der Waals surface area contributed by atoms with Crippen LogP contribution in [0.15, 0.2) is 93.5 Å². The van der Waals surface area contributed by atoms with Crippen molar-refractivity contribution in [2.75, 3.05) is 37.1 Å². The number of aryl methyl sites for hydroxylation is 2. The van der Waals surface area contributed by atoms with Crippen LogP contribution in [0.3, 0.4) is 0 Å². The number of aromatic nitrogens is 6. The molecule has 0 aliphatic rings. The third-order valence-electron chi connectivity index (χ3n) is 7.88. The van der Waals surface area contributed by atoms with Crippen molar-refractivity contribution in [2.45, 2.75) is 19.8 Å². The standard InChI is InChI=1S/C13H17N3O4.C9H7N3O3.C9H9N3O.C6H6BrN3O2/c1-3-4-7-20-12(17)6-5-10-8-11(16(18)19)9-15-13(10)14-2;1-11-8(13)3-2-6-4-7(12(14)15)5-10-9(6)11;1-12-8(13)3-2-6-4-7(10)5-11-9(6)12;1-8-6-5(7)2-4(3-9-6)10(11)12/h5-6,8-9H,3-4,7H2,1-2H3,(H,14,15);2-5H,1H3;2-5H,10H2,1H3;2-3H,1H3,(H,8,9)/b6-5+;;;. The van der Waals surface area contributed by atoms with Gasteiger partial charge < -0.3 is 21.1 Å². The maximum atomic E-state index is 11.4. The molecular weight excluding hydrogens is 852 g/mol. The molecule has 6 aromatic heterocycles. The number of nitrogens with zero attached hydrogens (tertiary/aromatic N) is 9. The number of pyridine rings is 6. The lowest BCUT2D eigenvalue weighted by molar-refractivity contribution is -0.385. The lowest BCUT2D eigenvalue weighted by atomic mass is 10.2. The Morgan fingerprint density at radius 3 is 1.77 bits per heavy atom. The number of hydrogen-bond donors (Lipinski definition) is 3. The Bertz CT molecular complexity index is 2670. The van der Waals surface area contributed by atoms with Crippen LogP contribution in [0.25, 0.3) is 28.1 Å². The second-order valence-corrected chi connectivity index (χ2v) is 12.9. The molecule has 0 atom stereocenters. The van der Waals surface area contributed by atoms with Crippen molar-refractivity contribution in [3.8, 4) is 0 Å². The second-order valence-electron chi connectivity index (χ2n) is 12.0. The summed E-state index contributed by atoms with van der Waals surface area (Å²) in [7, 11) is 6.60. The monoisotopic (exact) mass is 890 g/mol. The van der Waals surface area contributed by atoms with Crippen LogP contribution in [0, 0.1) is 30.3 Å². The normalized spacial score (nSPS) is 10.3. The minimum absolute atomic E-state index is 0.0270. The van der Waals surface area contributed by atoms with E-state index in [9.17, 15) is 44.7 Å². The third kappa shape index (κ3) is 13.2. The van der Waals surface area contributed by atoms with Crippen LogP contribution in [0.2, 0.25) is 0 Å². The number of anilines is 3. The average molecular weight is 892 g/mol. The van der Waals surface area contributed by atoms with Gasteiger partial charge in [-0.2, -0.15) is 0 Å². The molecule has 0 aromatic carbocycles. The Kier molecular flexibility index (Phi) is 17.4. The predicted molar refractivity (Wildman–Crippen MR) is 229 cm³/mol. The van der Waals surface area contributed by atoms with Crippen LogP contribution in [-0.2, 0) is 23.6 Å². The number of nitrogen functional groups attached to an aromatic ring is 1. The fourth-order valence-corrected chi connectivity index (χ4v) is 5.29. The molecule has 314 valence electrons. The molecule has 6 heterocycles. The summed E-state index contributed by atoms with van der Waals surface area (Å²) in [5, 5.41) is 38.5. The number of nitro groups is 3. The third-order valence-corrected chi connectivity index (χ3v) is 8.49. The molecule has 6 rings (SSSR count). The molecule has 4 N–H and O–H groups in total. The Balaban J connectivity index is 0.000000218. The molecule has 0 spiro atoms. The van der Waals surface area contributed by atoms with Crippen LogP contribution in [0.1, 0.15) is 25.3 Å². The number of esters is 1. The highest BCUT2D eigenvalue weighted by Gasteiger charge is 2.12. The maximum absolute atomic E-state index is 11.4. The van der Waals surface area contributed by atoms with Gasteiger partial charge in [-0.1, -0.05) is 13.3 Å². The highest BCUT2D eigenvalue weighted by molar-refractivity contribution is 9.10. The summed E-state index contributed by atoms with van der Waals surface area (Å²) >= 11 is 3.15. The average Bonchev–Trinajstić information content (AvgIpc) is 3.23. The van der Waals surface area contributed by atoms with E-state index in [0.29, 0.717) is 50.6 Å². The summed E-state index contributed by atoms with van der Waals surface area (Å²) < 4.78 is 8.38. The number of fused-ring (bicyclic) bond motifs is 2. The molecule has 0 amide bonds. The van der Waals surface area contributed by atoms with E-state index in [1.54, 1.807) is 46.5 Å². The van der Waals surface area contributed by atoms with Gasteiger partial charge in [-0.3, -0.25) is 49.1 Å². The van der Waals surface area contributed by atoms with Crippen LogP contribution in [-0.4, -0.2) is 70.5 Å². The van der Waals surface area contributed by atoms with E-state index in [4.69, 9.17) is 10.5 Å². The highest BCUT2D eigenvalue weighted by atomic mass is 79.9. The molecule has 0 fully saturated rings. The summed E-state index contributed by atoms with van der Waals surface area (Å²) in [6.45, 7) is 2.36. The number of rotatable bonds is 10. The van der Waals surface area contributed by atoms with Crippen molar-refractivity contribution in [3.05, 3.63) is 140 Å². The minimum Gasteiger partial charge on any atom is -0.463 e. The zero-order valence-corrected chi connectivity index (χ0v) is 34.4. The first-order valence-electron chi connectivity index (χ1n) is 17.5. The van der Waals surface area contributed by atoms with Crippen molar-refractivity contribution in [2.24, 2.45) is 14.1 Å². The van der Waals surface area contributed by atoms with E-state index in [1.807, 2.05) is 6.92 Å². The van der Waals surface area contributed by atoms with Gasteiger partial charge in [0, 0.05) is 80.9 Å². The molecule has 60 heavy (non-hydrogen) atoms. The van der Waals surface area contributed by atoms with Crippen LogP contribution in [0.4, 0.5) is 34.4 Å². The van der Waals surface area contributed by atoms with E-state index in [0.717, 1.165) is 30.6 Å². The number of carbonyl (C=O) groups excluding carboxylic acids is 1. The highest BCUT2D eigenvalue weighted by Crippen LogP contribution is 2.24. The number of nitrogens with one attached hydrogen (secondary N) is 2. The number of ether oxygens (including phenoxy) is 1. The SMILES string of the molecule is CCCCOC(=O)/C=C/c1cc([N+](=O)[O-])cnc1NC.CNc1ncc([N+](=O)[O-])cc1Br.Cn1c(=O)ccc2cc(N)cnc21.Cn1c(=O)ccc2cc([N+](=O)[O-])cnc21. The second kappa shape index (κ2) is 22.3. The molecule has 0 bridgehead atoms.